The van der Waals surface area contributed by atoms with Gasteiger partial charge in [-0.3, -0.25) is 4.79 Å². The highest BCUT2D eigenvalue weighted by molar-refractivity contribution is 5.90. The molecule has 0 unspecified atom stereocenters. The van der Waals surface area contributed by atoms with Crippen LogP contribution in [0.5, 0.6) is 0 Å². The van der Waals surface area contributed by atoms with Crippen molar-refractivity contribution in [2.75, 3.05) is 0 Å². The Labute approximate surface area is 329 Å². The van der Waals surface area contributed by atoms with Gasteiger partial charge in [-0.2, -0.15) is 0 Å². The second kappa shape index (κ2) is 15.5. The number of ether oxygens (including phenoxy) is 7. The summed E-state index contributed by atoms with van der Waals surface area (Å²) in [5.74, 6) is -2.71. The molecule has 0 amide bonds. The van der Waals surface area contributed by atoms with Crippen LogP contribution in [0.15, 0.2) is 60.7 Å². The first-order valence-electron chi connectivity index (χ1n) is 19.9. The van der Waals surface area contributed by atoms with Crippen LogP contribution in [0.4, 0.5) is 0 Å². The Bertz CT molecular complexity index is 1760. The van der Waals surface area contributed by atoms with E-state index in [2.05, 4.69) is 0 Å². The van der Waals surface area contributed by atoms with Crippen LogP contribution in [-0.4, -0.2) is 93.1 Å². The summed E-state index contributed by atoms with van der Waals surface area (Å²) in [6.07, 6.45) is 1.88. The van der Waals surface area contributed by atoms with E-state index in [4.69, 9.17) is 33.2 Å². The van der Waals surface area contributed by atoms with Gasteiger partial charge in [-0.05, 0) is 131 Å². The van der Waals surface area contributed by atoms with Gasteiger partial charge in [0.2, 0.25) is 0 Å². The average Bonchev–Trinajstić information content (AvgIpc) is 3.96. The zero-order chi connectivity index (χ0) is 40.7. The first-order chi connectivity index (χ1) is 26.2. The summed E-state index contributed by atoms with van der Waals surface area (Å²) >= 11 is 0. The van der Waals surface area contributed by atoms with E-state index in [0.29, 0.717) is 49.7 Å². The quantitative estimate of drug-likeness (QED) is 0.159. The molecule has 0 radical (unpaired) electrons. The number of hydrogen-bond donors (Lipinski definition) is 1. The van der Waals surface area contributed by atoms with Gasteiger partial charge in [0.1, 0.15) is 16.8 Å². The van der Waals surface area contributed by atoms with E-state index in [-0.39, 0.29) is 18.3 Å². The maximum absolute atomic E-state index is 13.9. The number of benzene rings is 2. The lowest BCUT2D eigenvalue weighted by atomic mass is 9.89. The van der Waals surface area contributed by atoms with Crippen LogP contribution in [0.25, 0.3) is 0 Å². The minimum Gasteiger partial charge on any atom is -0.481 e. The summed E-state index contributed by atoms with van der Waals surface area (Å²) < 4.78 is 44.3. The maximum Gasteiger partial charge on any atom is 0.338 e. The predicted octanol–water partition coefficient (Wildman–Crippen LogP) is 7.39. The highest BCUT2D eigenvalue weighted by Crippen LogP contribution is 2.49. The first kappa shape index (κ1) is 41.8. The summed E-state index contributed by atoms with van der Waals surface area (Å²) in [7, 11) is 0. The molecule has 0 aliphatic carbocycles. The number of esters is 3. The Kier molecular flexibility index (Phi) is 11.6. The summed E-state index contributed by atoms with van der Waals surface area (Å²) in [6, 6.07) is 17.6. The Morgan fingerprint density at radius 2 is 1.12 bits per heavy atom. The SMILES string of the molecule is CC(C)(OC(=O)c1ccccc1)[C@@H]1CC[C@](C)(C(=O)O[C@@](C)(CC(=O)O)[C@@H]2CC[C@@H]([C@]3(C)CC[C@@H]([C@]4(C)CC[C@@H](C(C)(C)OC(=O)c5ccccc5)O4)O3)O2)O1. The first-order valence-corrected chi connectivity index (χ1v) is 19.9. The molecule has 0 saturated carbocycles. The molecule has 2 aromatic rings. The maximum atomic E-state index is 13.9. The minimum atomic E-state index is -1.50. The zero-order valence-corrected chi connectivity index (χ0v) is 34.0. The molecule has 4 saturated heterocycles. The van der Waals surface area contributed by atoms with E-state index in [1.807, 2.05) is 39.8 Å². The summed E-state index contributed by atoms with van der Waals surface area (Å²) in [6.45, 7) is 14.5. The third-order valence-electron chi connectivity index (χ3n) is 12.5. The molecule has 4 aliphatic rings. The van der Waals surface area contributed by atoms with Gasteiger partial charge in [0.05, 0.1) is 59.3 Å². The van der Waals surface area contributed by atoms with Crippen molar-refractivity contribution in [2.24, 2.45) is 0 Å². The van der Waals surface area contributed by atoms with Gasteiger partial charge in [-0.25, -0.2) is 14.4 Å². The zero-order valence-electron chi connectivity index (χ0n) is 34.0. The van der Waals surface area contributed by atoms with Crippen LogP contribution in [-0.2, 0) is 42.7 Å². The van der Waals surface area contributed by atoms with E-state index < -0.39 is 76.1 Å². The number of carbonyl (C=O) groups is 4. The standard InChI is InChI=1S/C44H58O12/c1-39(2,54-36(47)28-15-11-9-12-16-28)30-21-24-42(6,51-30)34-23-25-41(5,53-34)32-19-20-33(50-32)44(8,27-35(45)46)56-38(49)43(7)26-22-31(52-43)40(3,4)55-37(48)29-17-13-10-14-18-29/h9-18,30-34H,19-27H2,1-8H3,(H,45,46)/t30-,31-,32-,33-,34-,41-,42-,43+,44-/m0/s1. The smallest absolute Gasteiger partial charge is 0.338 e. The van der Waals surface area contributed by atoms with Crippen molar-refractivity contribution in [1.29, 1.82) is 0 Å². The van der Waals surface area contributed by atoms with Crippen molar-refractivity contribution in [3.63, 3.8) is 0 Å². The lowest BCUT2D eigenvalue weighted by Crippen LogP contribution is -2.52. The van der Waals surface area contributed by atoms with Gasteiger partial charge in [0, 0.05) is 0 Å². The number of rotatable bonds is 13. The van der Waals surface area contributed by atoms with Gasteiger partial charge >= 0.3 is 23.9 Å². The molecule has 12 heteroatoms. The van der Waals surface area contributed by atoms with Crippen molar-refractivity contribution in [3.05, 3.63) is 71.8 Å². The summed E-state index contributed by atoms with van der Waals surface area (Å²) in [5, 5.41) is 9.98. The monoisotopic (exact) mass is 778 g/mol. The third kappa shape index (κ3) is 8.68. The molecule has 306 valence electrons. The Balaban J connectivity index is 1.06. The summed E-state index contributed by atoms with van der Waals surface area (Å²) in [4.78, 5) is 51.9. The van der Waals surface area contributed by atoms with Crippen molar-refractivity contribution < 1.29 is 57.4 Å². The number of hydrogen-bond acceptors (Lipinski definition) is 11. The van der Waals surface area contributed by atoms with E-state index in [1.54, 1.807) is 76.2 Å². The van der Waals surface area contributed by atoms with Crippen molar-refractivity contribution in [3.8, 4) is 0 Å². The number of aliphatic carboxylic acids is 1. The molecule has 4 aliphatic heterocycles. The molecule has 56 heavy (non-hydrogen) atoms. The van der Waals surface area contributed by atoms with Crippen molar-refractivity contribution in [2.45, 2.75) is 177 Å². The highest BCUT2D eigenvalue weighted by atomic mass is 16.6. The largest absolute Gasteiger partial charge is 0.481 e. The Morgan fingerprint density at radius 1 is 0.625 bits per heavy atom. The van der Waals surface area contributed by atoms with Crippen LogP contribution >= 0.6 is 0 Å². The molecule has 6 rings (SSSR count). The lowest BCUT2D eigenvalue weighted by molar-refractivity contribution is -0.216. The molecular formula is C44H58O12. The highest BCUT2D eigenvalue weighted by Gasteiger charge is 2.58. The minimum absolute atomic E-state index is 0.243. The molecule has 2 aromatic carbocycles. The van der Waals surface area contributed by atoms with Gasteiger partial charge in [-0.1, -0.05) is 36.4 Å². The van der Waals surface area contributed by atoms with Crippen LogP contribution in [0.2, 0.25) is 0 Å². The van der Waals surface area contributed by atoms with Crippen LogP contribution in [0.3, 0.4) is 0 Å². The van der Waals surface area contributed by atoms with E-state index >= 15 is 0 Å². The molecule has 1 N–H and O–H groups in total. The normalized spacial score (nSPS) is 33.1. The van der Waals surface area contributed by atoms with Gasteiger partial charge in [0.25, 0.3) is 0 Å². The fraction of sp³-hybridized carbons (Fsp3) is 0.636. The number of carbonyl (C=O) groups excluding carboxylic acids is 3. The van der Waals surface area contributed by atoms with Crippen LogP contribution in [0, 0.1) is 0 Å². The predicted molar refractivity (Wildman–Crippen MR) is 204 cm³/mol. The number of carboxylic acids is 1. The molecule has 0 aromatic heterocycles. The fourth-order valence-corrected chi connectivity index (χ4v) is 8.84. The molecule has 9 atom stereocenters. The molecule has 0 spiro atoms. The molecule has 12 nitrogen and oxygen atoms in total. The average molecular weight is 779 g/mol. The van der Waals surface area contributed by atoms with Crippen LogP contribution in [0.1, 0.15) is 134 Å². The Hall–Kier alpha value is -3.84. The lowest BCUT2D eigenvalue weighted by Gasteiger charge is -2.39. The van der Waals surface area contributed by atoms with E-state index in [1.165, 1.54) is 0 Å². The van der Waals surface area contributed by atoms with Crippen LogP contribution < -0.4 is 0 Å². The van der Waals surface area contributed by atoms with Crippen molar-refractivity contribution >= 4 is 23.9 Å². The number of carboxylic acid groups (broad SMARTS) is 1. The second-order valence-corrected chi connectivity index (χ2v) is 18.0. The van der Waals surface area contributed by atoms with Gasteiger partial charge < -0.3 is 38.3 Å². The third-order valence-corrected chi connectivity index (χ3v) is 12.5. The van der Waals surface area contributed by atoms with Gasteiger partial charge in [-0.15, -0.1) is 0 Å². The molecular weight excluding hydrogens is 720 g/mol. The fourth-order valence-electron chi connectivity index (χ4n) is 8.84. The molecule has 4 fully saturated rings. The second-order valence-electron chi connectivity index (χ2n) is 18.0. The van der Waals surface area contributed by atoms with E-state index in [9.17, 15) is 24.3 Å². The Morgan fingerprint density at radius 3 is 1.68 bits per heavy atom. The van der Waals surface area contributed by atoms with Crippen molar-refractivity contribution in [1.82, 2.24) is 0 Å². The summed E-state index contributed by atoms with van der Waals surface area (Å²) in [5.41, 5.74) is -5.23. The topological polar surface area (TPSA) is 153 Å². The molecule has 4 heterocycles. The van der Waals surface area contributed by atoms with Gasteiger partial charge in [0.15, 0.2) is 5.60 Å². The van der Waals surface area contributed by atoms with E-state index in [0.717, 1.165) is 12.8 Å². The molecule has 0 bridgehead atoms.